The van der Waals surface area contributed by atoms with Gasteiger partial charge in [0.1, 0.15) is 5.82 Å². The number of carbonyl (C=O) groups excluding carboxylic acids is 1. The van der Waals surface area contributed by atoms with Gasteiger partial charge in [-0.2, -0.15) is 0 Å². The third-order valence-corrected chi connectivity index (χ3v) is 4.42. The topological polar surface area (TPSA) is 26.3 Å². The Hall–Kier alpha value is -1.38. The number of esters is 1. The Labute approximate surface area is 120 Å². The number of ether oxygens (including phenoxy) is 1. The monoisotopic (exact) mass is 278 g/mol. The maximum atomic E-state index is 13.8. The van der Waals surface area contributed by atoms with Gasteiger partial charge in [-0.3, -0.25) is 0 Å². The molecule has 20 heavy (non-hydrogen) atoms. The second-order valence-corrected chi connectivity index (χ2v) is 5.97. The summed E-state index contributed by atoms with van der Waals surface area (Å²) in [6.45, 7) is 2.32. The number of halogens is 1. The van der Waals surface area contributed by atoms with Gasteiger partial charge in [-0.05, 0) is 42.4 Å². The van der Waals surface area contributed by atoms with Crippen LogP contribution in [0.25, 0.3) is 0 Å². The summed E-state index contributed by atoms with van der Waals surface area (Å²) in [6.07, 6.45) is 7.23. The van der Waals surface area contributed by atoms with Crippen molar-refractivity contribution < 1.29 is 13.9 Å². The summed E-state index contributed by atoms with van der Waals surface area (Å²) < 4.78 is 18.3. The van der Waals surface area contributed by atoms with Gasteiger partial charge in [0.05, 0.1) is 12.7 Å². The maximum Gasteiger partial charge on any atom is 0.340 e. The van der Waals surface area contributed by atoms with Crippen LogP contribution in [-0.4, -0.2) is 13.1 Å². The molecular weight excluding hydrogens is 255 g/mol. The molecule has 1 aromatic carbocycles. The molecule has 1 aliphatic carbocycles. The first kappa shape index (κ1) is 15.0. The highest BCUT2D eigenvalue weighted by Crippen LogP contribution is 2.31. The quantitative estimate of drug-likeness (QED) is 0.764. The van der Waals surface area contributed by atoms with Crippen molar-refractivity contribution in [2.75, 3.05) is 7.11 Å². The lowest BCUT2D eigenvalue weighted by atomic mass is 9.80. The highest BCUT2D eigenvalue weighted by atomic mass is 19.1. The van der Waals surface area contributed by atoms with E-state index in [0.717, 1.165) is 30.2 Å². The van der Waals surface area contributed by atoms with Crippen molar-refractivity contribution in [3.8, 4) is 0 Å². The number of hydrogen-bond donors (Lipinski definition) is 0. The summed E-state index contributed by atoms with van der Waals surface area (Å²) in [4.78, 5) is 11.3. The minimum atomic E-state index is -0.615. The van der Waals surface area contributed by atoms with Crippen LogP contribution in [0.2, 0.25) is 0 Å². The van der Waals surface area contributed by atoms with E-state index >= 15 is 0 Å². The van der Waals surface area contributed by atoms with Crippen LogP contribution in [0.5, 0.6) is 0 Å². The van der Waals surface area contributed by atoms with E-state index < -0.39 is 11.8 Å². The molecule has 0 saturated heterocycles. The normalized spacial score (nSPS) is 22.6. The molecule has 0 radical (unpaired) electrons. The van der Waals surface area contributed by atoms with Crippen LogP contribution in [0.15, 0.2) is 18.2 Å². The number of aryl methyl sites for hydroxylation is 1. The molecule has 0 atom stereocenters. The van der Waals surface area contributed by atoms with Gasteiger partial charge in [0.15, 0.2) is 0 Å². The van der Waals surface area contributed by atoms with Crippen molar-refractivity contribution in [1.29, 1.82) is 0 Å². The number of benzene rings is 1. The highest BCUT2D eigenvalue weighted by molar-refractivity contribution is 5.89. The van der Waals surface area contributed by atoms with E-state index in [-0.39, 0.29) is 5.56 Å². The number of hydrogen-bond acceptors (Lipinski definition) is 2. The van der Waals surface area contributed by atoms with Gasteiger partial charge in [-0.25, -0.2) is 9.18 Å². The molecule has 2 rings (SSSR count). The van der Waals surface area contributed by atoms with Crippen molar-refractivity contribution in [3.63, 3.8) is 0 Å². The van der Waals surface area contributed by atoms with E-state index in [2.05, 4.69) is 11.7 Å². The minimum absolute atomic E-state index is 0.0164. The lowest BCUT2D eigenvalue weighted by Crippen LogP contribution is -2.13. The predicted molar refractivity (Wildman–Crippen MR) is 77.2 cm³/mol. The van der Waals surface area contributed by atoms with E-state index in [9.17, 15) is 9.18 Å². The molecule has 1 fully saturated rings. The molecule has 0 N–H and O–H groups in total. The Morgan fingerprint density at radius 1 is 1.30 bits per heavy atom. The molecule has 0 bridgehead atoms. The zero-order chi connectivity index (χ0) is 14.5. The Morgan fingerprint density at radius 2 is 2.00 bits per heavy atom. The third-order valence-electron chi connectivity index (χ3n) is 4.42. The molecule has 0 aromatic heterocycles. The van der Waals surface area contributed by atoms with Crippen LogP contribution in [0.4, 0.5) is 4.39 Å². The van der Waals surface area contributed by atoms with Gasteiger partial charge in [-0.1, -0.05) is 38.7 Å². The van der Waals surface area contributed by atoms with Crippen molar-refractivity contribution in [3.05, 3.63) is 35.1 Å². The number of methoxy groups -OCH3 is 1. The van der Waals surface area contributed by atoms with Crippen LogP contribution in [0.3, 0.4) is 0 Å². The molecule has 0 heterocycles. The van der Waals surface area contributed by atoms with Crippen LogP contribution in [0, 0.1) is 17.7 Å². The Bertz CT molecular complexity index is 462. The van der Waals surface area contributed by atoms with E-state index in [1.54, 1.807) is 0 Å². The second-order valence-electron chi connectivity index (χ2n) is 5.97. The van der Waals surface area contributed by atoms with E-state index in [1.165, 1.54) is 44.9 Å². The van der Waals surface area contributed by atoms with Gasteiger partial charge in [0.25, 0.3) is 0 Å². The second kappa shape index (κ2) is 6.87. The summed E-state index contributed by atoms with van der Waals surface area (Å²) in [7, 11) is 1.26. The summed E-state index contributed by atoms with van der Waals surface area (Å²) in [5.74, 6) is 0.541. The first-order valence-electron chi connectivity index (χ1n) is 7.47. The van der Waals surface area contributed by atoms with Gasteiger partial charge in [0, 0.05) is 0 Å². The average molecular weight is 278 g/mol. The largest absolute Gasteiger partial charge is 0.465 e. The summed E-state index contributed by atoms with van der Waals surface area (Å²) in [5, 5.41) is 0. The Kier molecular flexibility index (Phi) is 5.16. The molecule has 1 aromatic rings. The van der Waals surface area contributed by atoms with Crippen molar-refractivity contribution in [2.45, 2.75) is 45.4 Å². The third kappa shape index (κ3) is 3.81. The molecular formula is C17H23FO2. The van der Waals surface area contributed by atoms with Crippen LogP contribution < -0.4 is 0 Å². The van der Waals surface area contributed by atoms with Crippen LogP contribution >= 0.6 is 0 Å². The molecule has 0 amide bonds. The molecule has 1 saturated carbocycles. The van der Waals surface area contributed by atoms with E-state index in [0.29, 0.717) is 0 Å². The highest BCUT2D eigenvalue weighted by Gasteiger charge is 2.18. The molecule has 1 aliphatic rings. The maximum absolute atomic E-state index is 13.8. The first-order chi connectivity index (χ1) is 9.60. The molecule has 110 valence electrons. The van der Waals surface area contributed by atoms with Gasteiger partial charge in [-0.15, -0.1) is 0 Å². The fourth-order valence-electron chi connectivity index (χ4n) is 2.98. The van der Waals surface area contributed by atoms with Crippen LogP contribution in [0.1, 0.15) is 54.9 Å². The molecule has 0 aliphatic heterocycles. The number of rotatable bonds is 4. The molecule has 3 heteroatoms. The summed E-state index contributed by atoms with van der Waals surface area (Å²) >= 11 is 0. The first-order valence-corrected chi connectivity index (χ1v) is 7.47. The fourth-order valence-corrected chi connectivity index (χ4v) is 2.98. The molecule has 0 unspecified atom stereocenters. The average Bonchev–Trinajstić information content (AvgIpc) is 2.46. The fraction of sp³-hybridized carbons (Fsp3) is 0.588. The SMILES string of the molecule is COC(=O)c1ccc(CCC2CCC(C)CC2)cc1F. The lowest BCUT2D eigenvalue weighted by molar-refractivity contribution is 0.0595. The number of carbonyl (C=O) groups is 1. The zero-order valence-electron chi connectivity index (χ0n) is 12.3. The summed E-state index contributed by atoms with van der Waals surface area (Å²) in [6, 6.07) is 4.83. The van der Waals surface area contributed by atoms with Gasteiger partial charge in [0.2, 0.25) is 0 Å². The predicted octanol–water partition coefficient (Wildman–Crippen LogP) is 4.37. The standard InChI is InChI=1S/C17H23FO2/c1-12-3-5-13(6-4-12)7-8-14-9-10-15(16(18)11-14)17(19)20-2/h9-13H,3-8H2,1-2H3. The smallest absolute Gasteiger partial charge is 0.340 e. The molecule has 2 nitrogen and oxygen atoms in total. The molecule has 0 spiro atoms. The van der Waals surface area contributed by atoms with Gasteiger partial charge < -0.3 is 4.74 Å². The van der Waals surface area contributed by atoms with Gasteiger partial charge >= 0.3 is 5.97 Å². The van der Waals surface area contributed by atoms with Crippen LogP contribution in [-0.2, 0) is 11.2 Å². The Balaban J connectivity index is 1.90. The lowest BCUT2D eigenvalue weighted by Gasteiger charge is -2.26. The minimum Gasteiger partial charge on any atom is -0.465 e. The summed E-state index contributed by atoms with van der Waals surface area (Å²) in [5.41, 5.74) is 0.983. The zero-order valence-corrected chi connectivity index (χ0v) is 12.3. The van der Waals surface area contributed by atoms with Crippen molar-refractivity contribution in [2.24, 2.45) is 11.8 Å². The Morgan fingerprint density at radius 3 is 2.60 bits per heavy atom. The van der Waals surface area contributed by atoms with Crippen molar-refractivity contribution >= 4 is 5.97 Å². The van der Waals surface area contributed by atoms with E-state index in [4.69, 9.17) is 0 Å². The van der Waals surface area contributed by atoms with E-state index in [1.807, 2.05) is 6.07 Å². The van der Waals surface area contributed by atoms with Crippen molar-refractivity contribution in [1.82, 2.24) is 0 Å².